The van der Waals surface area contributed by atoms with Crippen LogP contribution in [0.3, 0.4) is 0 Å². The fourth-order valence-electron chi connectivity index (χ4n) is 4.31. The molecule has 4 rings (SSSR count). The van der Waals surface area contributed by atoms with Crippen LogP contribution in [-0.2, 0) is 20.8 Å². The molecule has 2 fully saturated rings. The lowest BCUT2D eigenvalue weighted by atomic mass is 9.94. The number of aliphatic hydroxyl groups excluding tert-OH is 1. The molecule has 0 spiro atoms. The maximum absolute atomic E-state index is 13.2. The van der Waals surface area contributed by atoms with Gasteiger partial charge in [0.1, 0.15) is 6.10 Å². The second-order valence-electron chi connectivity index (χ2n) is 8.44. The van der Waals surface area contributed by atoms with Gasteiger partial charge in [-0.15, -0.1) is 0 Å². The van der Waals surface area contributed by atoms with Crippen LogP contribution < -0.4 is 5.32 Å². The van der Waals surface area contributed by atoms with Gasteiger partial charge in [0.2, 0.25) is 5.91 Å². The van der Waals surface area contributed by atoms with Crippen molar-refractivity contribution in [3.8, 4) is 0 Å². The maximum Gasteiger partial charge on any atom is 0.255 e. The van der Waals surface area contributed by atoms with Gasteiger partial charge in [0.05, 0.1) is 43.4 Å². The number of benzene rings is 1. The number of nitrogens with zero attached hydrogens (tertiary/aromatic N) is 2. The molecule has 2 aliphatic rings. The fourth-order valence-corrected chi connectivity index (χ4v) is 4.44. The summed E-state index contributed by atoms with van der Waals surface area (Å²) in [6.45, 7) is 0.949. The van der Waals surface area contributed by atoms with Crippen molar-refractivity contribution < 1.29 is 24.2 Å². The predicted octanol–water partition coefficient (Wildman–Crippen LogP) is 2.19. The number of aromatic nitrogens is 1. The molecule has 176 valence electrons. The number of rotatable bonds is 5. The van der Waals surface area contributed by atoms with Gasteiger partial charge in [-0.3, -0.25) is 14.6 Å². The second kappa shape index (κ2) is 11.1. The molecule has 0 radical (unpaired) electrons. The first-order valence-corrected chi connectivity index (χ1v) is 11.5. The number of nitrogens with one attached hydrogen (secondary N) is 1. The number of pyridine rings is 1. The minimum Gasteiger partial charge on any atom is -0.389 e. The molecule has 2 aliphatic heterocycles. The Kier molecular flexibility index (Phi) is 7.93. The Labute approximate surface area is 197 Å². The van der Waals surface area contributed by atoms with Crippen molar-refractivity contribution in [2.24, 2.45) is 0 Å². The first-order chi connectivity index (χ1) is 16.0. The van der Waals surface area contributed by atoms with Gasteiger partial charge in [0.25, 0.3) is 5.91 Å². The van der Waals surface area contributed by atoms with Crippen molar-refractivity contribution in [1.82, 2.24) is 15.2 Å². The monoisotopic (exact) mass is 473 g/mol. The molecular weight excluding hydrogens is 446 g/mol. The number of carbonyl (C=O) groups excluding carboxylic acids is 2. The van der Waals surface area contributed by atoms with E-state index >= 15 is 0 Å². The van der Waals surface area contributed by atoms with Crippen LogP contribution in [0.4, 0.5) is 0 Å². The van der Waals surface area contributed by atoms with Gasteiger partial charge < -0.3 is 24.8 Å². The van der Waals surface area contributed by atoms with E-state index in [0.29, 0.717) is 30.0 Å². The van der Waals surface area contributed by atoms with E-state index in [2.05, 4.69) is 10.3 Å². The molecule has 1 aromatic heterocycles. The minimum atomic E-state index is -0.775. The van der Waals surface area contributed by atoms with Gasteiger partial charge in [0.15, 0.2) is 0 Å². The smallest absolute Gasteiger partial charge is 0.255 e. The van der Waals surface area contributed by atoms with E-state index in [-0.39, 0.29) is 56.2 Å². The summed E-state index contributed by atoms with van der Waals surface area (Å²) in [6.07, 6.45) is 3.24. The summed E-state index contributed by atoms with van der Waals surface area (Å²) < 4.78 is 11.8. The van der Waals surface area contributed by atoms with E-state index < -0.39 is 6.10 Å². The van der Waals surface area contributed by atoms with Crippen LogP contribution in [-0.4, -0.2) is 70.9 Å². The molecule has 33 heavy (non-hydrogen) atoms. The zero-order valence-corrected chi connectivity index (χ0v) is 19.0. The van der Waals surface area contributed by atoms with E-state index in [1.165, 1.54) is 6.20 Å². The average Bonchev–Trinajstić information content (AvgIpc) is 2.82. The first-order valence-electron chi connectivity index (χ1n) is 11.1. The standard InChI is InChI=1S/C24H28ClN3O5/c25-18-5-3-16(4-6-18)11-27-23(30)10-20-7-8-21-22(33-20)15-32-14-19(29)13-28(21)24(31)17-2-1-9-26-12-17/h1-6,9,12,19-22,29H,7-8,10-11,13-15H2,(H,27,30)/t19-,20+,21+,22-/m0/s1. The zero-order chi connectivity index (χ0) is 23.2. The number of fused-ring (bicyclic) bond motifs is 1. The summed E-state index contributed by atoms with van der Waals surface area (Å²) in [5.41, 5.74) is 1.43. The molecule has 0 aliphatic carbocycles. The second-order valence-corrected chi connectivity index (χ2v) is 8.88. The third-order valence-corrected chi connectivity index (χ3v) is 6.22. The molecule has 8 nitrogen and oxygen atoms in total. The summed E-state index contributed by atoms with van der Waals surface area (Å²) in [5.74, 6) is -0.291. The third kappa shape index (κ3) is 6.29. The molecule has 0 saturated carbocycles. The van der Waals surface area contributed by atoms with E-state index in [1.54, 1.807) is 35.4 Å². The highest BCUT2D eigenvalue weighted by Gasteiger charge is 2.40. The van der Waals surface area contributed by atoms with Gasteiger partial charge in [-0.1, -0.05) is 23.7 Å². The number of amides is 2. The molecule has 2 aromatic rings. The normalized spacial score (nSPS) is 25.5. The number of halogens is 1. The quantitative estimate of drug-likeness (QED) is 0.690. The molecule has 0 unspecified atom stereocenters. The molecule has 2 amide bonds. The van der Waals surface area contributed by atoms with Gasteiger partial charge in [-0.2, -0.15) is 0 Å². The van der Waals surface area contributed by atoms with E-state index in [4.69, 9.17) is 21.1 Å². The van der Waals surface area contributed by atoms with E-state index in [1.807, 2.05) is 12.1 Å². The van der Waals surface area contributed by atoms with Crippen LogP contribution >= 0.6 is 11.6 Å². The number of hydrogen-bond donors (Lipinski definition) is 2. The van der Waals surface area contributed by atoms with E-state index in [0.717, 1.165) is 5.56 Å². The van der Waals surface area contributed by atoms with Crippen molar-refractivity contribution in [2.45, 2.75) is 50.2 Å². The van der Waals surface area contributed by atoms with Crippen molar-refractivity contribution in [3.05, 3.63) is 64.9 Å². The Morgan fingerprint density at radius 2 is 2.00 bits per heavy atom. The molecule has 4 atom stereocenters. The fraction of sp³-hybridized carbons (Fsp3) is 0.458. The van der Waals surface area contributed by atoms with Gasteiger partial charge in [0, 0.05) is 30.5 Å². The molecule has 2 N–H and O–H groups in total. The number of hydrogen-bond acceptors (Lipinski definition) is 6. The largest absolute Gasteiger partial charge is 0.389 e. The molecule has 3 heterocycles. The van der Waals surface area contributed by atoms with Gasteiger partial charge >= 0.3 is 0 Å². The van der Waals surface area contributed by atoms with Crippen molar-refractivity contribution in [2.75, 3.05) is 19.8 Å². The number of aliphatic hydroxyl groups is 1. The lowest BCUT2D eigenvalue weighted by Crippen LogP contribution is -2.57. The highest BCUT2D eigenvalue weighted by Crippen LogP contribution is 2.28. The highest BCUT2D eigenvalue weighted by molar-refractivity contribution is 6.30. The summed E-state index contributed by atoms with van der Waals surface area (Å²) in [4.78, 5) is 31.4. The van der Waals surface area contributed by atoms with Crippen LogP contribution in [0.5, 0.6) is 0 Å². The Balaban J connectivity index is 1.37. The summed E-state index contributed by atoms with van der Waals surface area (Å²) in [5, 5.41) is 13.8. The third-order valence-electron chi connectivity index (χ3n) is 5.97. The van der Waals surface area contributed by atoms with Crippen LogP contribution in [0.2, 0.25) is 5.02 Å². The molecule has 1 aromatic carbocycles. The lowest BCUT2D eigenvalue weighted by molar-refractivity contribution is -0.151. The van der Waals surface area contributed by atoms with Crippen molar-refractivity contribution >= 4 is 23.4 Å². The Hall–Kier alpha value is -2.52. The first kappa shape index (κ1) is 23.6. The van der Waals surface area contributed by atoms with Crippen molar-refractivity contribution in [3.63, 3.8) is 0 Å². The SMILES string of the molecule is O=C(C[C@H]1CC[C@@H]2[C@H](COC[C@@H](O)CN2C(=O)c2cccnc2)O1)NCc1ccc(Cl)cc1. The Morgan fingerprint density at radius 1 is 1.18 bits per heavy atom. The Morgan fingerprint density at radius 3 is 2.76 bits per heavy atom. The van der Waals surface area contributed by atoms with Crippen LogP contribution in [0, 0.1) is 0 Å². The maximum atomic E-state index is 13.2. The summed E-state index contributed by atoms with van der Waals surface area (Å²) >= 11 is 5.90. The van der Waals surface area contributed by atoms with Crippen molar-refractivity contribution in [1.29, 1.82) is 0 Å². The molecule has 9 heteroatoms. The van der Waals surface area contributed by atoms with Crippen LogP contribution in [0.1, 0.15) is 35.2 Å². The zero-order valence-electron chi connectivity index (χ0n) is 18.2. The predicted molar refractivity (Wildman–Crippen MR) is 122 cm³/mol. The van der Waals surface area contributed by atoms with Gasteiger partial charge in [-0.25, -0.2) is 0 Å². The number of ether oxygens (including phenoxy) is 2. The average molecular weight is 474 g/mol. The summed E-state index contributed by atoms with van der Waals surface area (Å²) in [7, 11) is 0. The number of carbonyl (C=O) groups is 2. The number of β-amino-alcohol motifs (C(OH)–C–C–N with tert-alkyl or cyclic N) is 1. The topological polar surface area (TPSA) is 101 Å². The van der Waals surface area contributed by atoms with E-state index in [9.17, 15) is 14.7 Å². The van der Waals surface area contributed by atoms with Gasteiger partial charge in [-0.05, 0) is 42.7 Å². The highest BCUT2D eigenvalue weighted by atomic mass is 35.5. The van der Waals surface area contributed by atoms with Crippen LogP contribution in [0.15, 0.2) is 48.8 Å². The molecule has 0 bridgehead atoms. The minimum absolute atomic E-state index is 0.0983. The van der Waals surface area contributed by atoms with Crippen LogP contribution in [0.25, 0.3) is 0 Å². The lowest BCUT2D eigenvalue weighted by Gasteiger charge is -2.44. The summed E-state index contributed by atoms with van der Waals surface area (Å²) in [6, 6.07) is 10.5. The molecular formula is C24H28ClN3O5. The Bertz CT molecular complexity index is 943. The molecule has 2 saturated heterocycles.